The lowest BCUT2D eigenvalue weighted by Crippen LogP contribution is -2.40. The Bertz CT molecular complexity index is 2340. The van der Waals surface area contributed by atoms with E-state index in [4.69, 9.17) is 28.7 Å². The normalized spacial score (nSPS) is 13.9. The number of aromatic nitrogens is 1. The van der Waals surface area contributed by atoms with E-state index < -0.39 is 12.0 Å². The number of nitrogens with zero attached hydrogens (tertiary/aromatic N) is 3. The molecule has 0 saturated heterocycles. The molecule has 0 spiro atoms. The maximum atomic E-state index is 14.5. The molecule has 1 aliphatic rings. The summed E-state index contributed by atoms with van der Waals surface area (Å²) in [5.74, 6) is 1.22. The molecule has 2 heterocycles. The van der Waals surface area contributed by atoms with Crippen molar-refractivity contribution >= 4 is 29.1 Å². The molecule has 6 rings (SSSR count). The van der Waals surface area contributed by atoms with E-state index in [2.05, 4.69) is 6.07 Å². The number of benzene rings is 4. The van der Waals surface area contributed by atoms with Crippen molar-refractivity contribution < 1.29 is 28.5 Å². The smallest absolute Gasteiger partial charge is 0.338 e. The summed E-state index contributed by atoms with van der Waals surface area (Å²) in [6.07, 6.45) is 1.76. The quantitative estimate of drug-likeness (QED) is 0.150. The third-order valence-corrected chi connectivity index (χ3v) is 9.17. The van der Waals surface area contributed by atoms with Crippen LogP contribution in [0.1, 0.15) is 47.7 Å². The average Bonchev–Trinajstić information content (AvgIpc) is 3.47. The van der Waals surface area contributed by atoms with Crippen LogP contribution in [0.15, 0.2) is 106 Å². The molecule has 0 N–H and O–H groups in total. The van der Waals surface area contributed by atoms with Crippen LogP contribution in [0.4, 0.5) is 0 Å². The van der Waals surface area contributed by atoms with E-state index in [-0.39, 0.29) is 24.3 Å². The number of hydrogen-bond acceptors (Lipinski definition) is 10. The standard InChI is InChI=1S/C40H35N3O7S/c1-5-48-32-21-25(19-20-30(32)50-24-28-16-11-10-15-27(28)23-41)22-33-38(44)43-36(29-17-12-18-31(46-3)37(29)47-4)34(39(45)49-6-2)35(42-40(43)51-33)26-13-8-7-9-14-26/h7-22,36H,5-6,24H2,1-4H3/b33-22-/t36-/m0/s1. The van der Waals surface area contributed by atoms with E-state index in [1.165, 1.54) is 30.1 Å². The molecule has 5 aromatic rings. The molecule has 4 aromatic carbocycles. The van der Waals surface area contributed by atoms with Crippen LogP contribution in [0.5, 0.6) is 23.0 Å². The van der Waals surface area contributed by atoms with Crippen molar-refractivity contribution in [2.45, 2.75) is 26.5 Å². The van der Waals surface area contributed by atoms with E-state index in [9.17, 15) is 14.9 Å². The second-order valence-electron chi connectivity index (χ2n) is 11.2. The Labute approximate surface area is 298 Å². The third kappa shape index (κ3) is 7.00. The van der Waals surface area contributed by atoms with Gasteiger partial charge in [0.2, 0.25) is 0 Å². The molecule has 0 unspecified atom stereocenters. The summed E-state index contributed by atoms with van der Waals surface area (Å²) < 4.78 is 30.9. The zero-order valence-corrected chi connectivity index (χ0v) is 29.4. The fourth-order valence-corrected chi connectivity index (χ4v) is 6.93. The predicted molar refractivity (Wildman–Crippen MR) is 194 cm³/mol. The number of ether oxygens (including phenoxy) is 5. The van der Waals surface area contributed by atoms with E-state index in [0.29, 0.717) is 66.9 Å². The van der Waals surface area contributed by atoms with Gasteiger partial charge in [-0.05, 0) is 49.8 Å². The minimum atomic E-state index is -0.950. The Balaban J connectivity index is 1.52. The maximum Gasteiger partial charge on any atom is 0.338 e. The Morgan fingerprint density at radius 3 is 2.41 bits per heavy atom. The Hall–Kier alpha value is -6.12. The van der Waals surface area contributed by atoms with Crippen molar-refractivity contribution in [3.8, 4) is 29.1 Å². The Morgan fingerprint density at radius 2 is 1.69 bits per heavy atom. The molecule has 0 saturated carbocycles. The summed E-state index contributed by atoms with van der Waals surface area (Å²) in [5, 5.41) is 9.48. The van der Waals surface area contributed by atoms with Gasteiger partial charge in [-0.15, -0.1) is 0 Å². The highest BCUT2D eigenvalue weighted by Crippen LogP contribution is 2.42. The van der Waals surface area contributed by atoms with Gasteiger partial charge in [-0.2, -0.15) is 5.26 Å². The molecule has 0 radical (unpaired) electrons. The molecule has 0 fully saturated rings. The van der Waals surface area contributed by atoms with Crippen LogP contribution in [0, 0.1) is 11.3 Å². The summed E-state index contributed by atoms with van der Waals surface area (Å²) >= 11 is 1.21. The molecule has 0 amide bonds. The number of carbonyl (C=O) groups is 1. The van der Waals surface area contributed by atoms with Gasteiger partial charge in [0.1, 0.15) is 12.6 Å². The van der Waals surface area contributed by atoms with Crippen molar-refractivity contribution in [2.24, 2.45) is 4.99 Å². The fourth-order valence-electron chi connectivity index (χ4n) is 5.93. The van der Waals surface area contributed by atoms with Crippen LogP contribution in [0.3, 0.4) is 0 Å². The highest BCUT2D eigenvalue weighted by molar-refractivity contribution is 7.07. The maximum absolute atomic E-state index is 14.5. The summed E-state index contributed by atoms with van der Waals surface area (Å²) in [6.45, 7) is 4.30. The lowest BCUT2D eigenvalue weighted by atomic mass is 9.92. The number of thiazole rings is 1. The van der Waals surface area contributed by atoms with Crippen LogP contribution in [-0.2, 0) is 16.1 Å². The van der Waals surface area contributed by atoms with Gasteiger partial charge in [0.05, 0.1) is 54.9 Å². The van der Waals surface area contributed by atoms with Crippen LogP contribution in [0.25, 0.3) is 11.8 Å². The molecule has 1 aliphatic heterocycles. The van der Waals surface area contributed by atoms with E-state index in [1.54, 1.807) is 49.4 Å². The second kappa shape index (κ2) is 15.6. The van der Waals surface area contributed by atoms with E-state index in [1.807, 2.05) is 61.5 Å². The van der Waals surface area contributed by atoms with Crippen LogP contribution >= 0.6 is 11.3 Å². The van der Waals surface area contributed by atoms with Gasteiger partial charge in [-0.1, -0.05) is 78.1 Å². The molecule has 11 heteroatoms. The van der Waals surface area contributed by atoms with Gasteiger partial charge in [-0.25, -0.2) is 9.79 Å². The summed E-state index contributed by atoms with van der Waals surface area (Å²) in [4.78, 5) is 33.7. The molecule has 0 bridgehead atoms. The van der Waals surface area contributed by atoms with Gasteiger partial charge in [0.15, 0.2) is 27.8 Å². The molecule has 1 aromatic heterocycles. The SMILES string of the molecule is CCOC(=O)C1=C(c2ccccc2)N=c2s/c(=C\c3ccc(OCc4ccccc4C#N)c(OCC)c3)c(=O)n2[C@H]1c1cccc(OC)c1OC. The minimum Gasteiger partial charge on any atom is -0.493 e. The topological polar surface area (TPSA) is 121 Å². The zero-order chi connectivity index (χ0) is 35.9. The van der Waals surface area contributed by atoms with Crippen LogP contribution in [0.2, 0.25) is 0 Å². The van der Waals surface area contributed by atoms with Crippen molar-refractivity contribution in [1.29, 1.82) is 5.26 Å². The van der Waals surface area contributed by atoms with Crippen molar-refractivity contribution in [1.82, 2.24) is 4.57 Å². The molecule has 0 aliphatic carbocycles. The number of hydrogen-bond donors (Lipinski definition) is 0. The van der Waals surface area contributed by atoms with Gasteiger partial charge in [0, 0.05) is 16.7 Å². The Kier molecular flexibility index (Phi) is 10.6. The lowest BCUT2D eigenvalue weighted by Gasteiger charge is -2.27. The van der Waals surface area contributed by atoms with Gasteiger partial charge < -0.3 is 23.7 Å². The van der Waals surface area contributed by atoms with Gasteiger partial charge in [-0.3, -0.25) is 9.36 Å². The number of methoxy groups -OCH3 is 2. The molecule has 51 heavy (non-hydrogen) atoms. The van der Waals surface area contributed by atoms with Gasteiger partial charge >= 0.3 is 5.97 Å². The summed E-state index contributed by atoms with van der Waals surface area (Å²) in [5.41, 5.74) is 3.46. The van der Waals surface area contributed by atoms with E-state index >= 15 is 0 Å². The largest absolute Gasteiger partial charge is 0.493 e. The molecule has 1 atom stereocenters. The predicted octanol–water partition coefficient (Wildman–Crippen LogP) is 5.80. The highest BCUT2D eigenvalue weighted by Gasteiger charge is 2.37. The highest BCUT2D eigenvalue weighted by atomic mass is 32.1. The van der Waals surface area contributed by atoms with Crippen molar-refractivity contribution in [3.63, 3.8) is 0 Å². The number of fused-ring (bicyclic) bond motifs is 1. The van der Waals surface area contributed by atoms with Crippen molar-refractivity contribution in [3.05, 3.63) is 144 Å². The minimum absolute atomic E-state index is 0.128. The molecule has 10 nitrogen and oxygen atoms in total. The summed E-state index contributed by atoms with van der Waals surface area (Å²) in [7, 11) is 3.05. The molecular weight excluding hydrogens is 667 g/mol. The lowest BCUT2D eigenvalue weighted by molar-refractivity contribution is -0.138. The Morgan fingerprint density at radius 1 is 0.902 bits per heavy atom. The first-order chi connectivity index (χ1) is 24.9. The fraction of sp³-hybridized carbons (Fsp3) is 0.200. The number of carbonyl (C=O) groups excluding carboxylic acids is 1. The second-order valence-corrected chi connectivity index (χ2v) is 12.2. The number of para-hydroxylation sites is 1. The first-order valence-electron chi connectivity index (χ1n) is 16.3. The van der Waals surface area contributed by atoms with Crippen molar-refractivity contribution in [2.75, 3.05) is 27.4 Å². The first-order valence-corrected chi connectivity index (χ1v) is 17.1. The first kappa shape index (κ1) is 34.7. The monoisotopic (exact) mass is 701 g/mol. The van der Waals surface area contributed by atoms with Crippen LogP contribution < -0.4 is 33.8 Å². The molecular formula is C40H35N3O7S. The third-order valence-electron chi connectivity index (χ3n) is 8.19. The summed E-state index contributed by atoms with van der Waals surface area (Å²) in [6, 6.07) is 28.6. The van der Waals surface area contributed by atoms with Crippen LogP contribution in [-0.4, -0.2) is 38.0 Å². The number of nitriles is 1. The molecule has 258 valence electrons. The number of esters is 1. The number of rotatable bonds is 12. The van der Waals surface area contributed by atoms with Gasteiger partial charge in [0.25, 0.3) is 5.56 Å². The zero-order valence-electron chi connectivity index (χ0n) is 28.5. The van der Waals surface area contributed by atoms with E-state index in [0.717, 1.165) is 5.56 Å². The average molecular weight is 702 g/mol.